The van der Waals surface area contributed by atoms with Crippen molar-refractivity contribution in [2.45, 2.75) is 24.6 Å². The van der Waals surface area contributed by atoms with E-state index in [-0.39, 0.29) is 11.3 Å². The van der Waals surface area contributed by atoms with E-state index in [1.807, 2.05) is 0 Å². The van der Waals surface area contributed by atoms with Crippen molar-refractivity contribution in [3.05, 3.63) is 29.1 Å². The van der Waals surface area contributed by atoms with Gasteiger partial charge in [-0.25, -0.2) is 8.78 Å². The fourth-order valence-electron chi connectivity index (χ4n) is 2.10. The molecule has 3 nitrogen and oxygen atoms in total. The summed E-state index contributed by atoms with van der Waals surface area (Å²) >= 11 is 0. The Kier molecular flexibility index (Phi) is 3.22. The number of hydrogen-bond donors (Lipinski definition) is 0. The molecule has 1 atom stereocenters. The van der Waals surface area contributed by atoms with Crippen molar-refractivity contribution >= 4 is 0 Å². The maximum atomic E-state index is 14.1. The first kappa shape index (κ1) is 12.8. The van der Waals surface area contributed by atoms with Gasteiger partial charge < -0.3 is 9.47 Å². The molecule has 0 radical (unpaired) electrons. The molecule has 0 amide bonds. The van der Waals surface area contributed by atoms with Crippen LogP contribution in [-0.4, -0.2) is 19.9 Å². The number of nitrogens with zero attached hydrogens (tertiary/aromatic N) is 1. The zero-order chi connectivity index (χ0) is 13.3. The van der Waals surface area contributed by atoms with Crippen molar-refractivity contribution in [1.29, 1.82) is 5.26 Å². The highest BCUT2D eigenvalue weighted by Gasteiger charge is 2.52. The maximum absolute atomic E-state index is 14.1. The van der Waals surface area contributed by atoms with Crippen LogP contribution in [0.2, 0.25) is 0 Å². The molecule has 0 saturated heterocycles. The molecule has 18 heavy (non-hydrogen) atoms. The predicted molar refractivity (Wildman–Crippen MR) is 60.5 cm³/mol. The van der Waals surface area contributed by atoms with Crippen LogP contribution in [0.5, 0.6) is 5.75 Å². The van der Waals surface area contributed by atoms with Crippen LogP contribution >= 0.6 is 0 Å². The Balaban J connectivity index is 2.54. The summed E-state index contributed by atoms with van der Waals surface area (Å²) in [6.45, 7) is 0. The highest BCUT2D eigenvalue weighted by molar-refractivity contribution is 5.51. The van der Waals surface area contributed by atoms with Gasteiger partial charge >= 0.3 is 0 Å². The smallest absolute Gasteiger partial charge is 0.145 e. The molecule has 1 saturated carbocycles. The van der Waals surface area contributed by atoms with Gasteiger partial charge in [-0.15, -0.1) is 0 Å². The van der Waals surface area contributed by atoms with Gasteiger partial charge in [0, 0.05) is 12.7 Å². The lowest BCUT2D eigenvalue weighted by Crippen LogP contribution is -2.18. The summed E-state index contributed by atoms with van der Waals surface area (Å²) < 4.78 is 37.8. The zero-order valence-corrected chi connectivity index (χ0v) is 10.2. The summed E-state index contributed by atoms with van der Waals surface area (Å²) in [4.78, 5) is 0. The lowest BCUT2D eigenvalue weighted by Gasteiger charge is -2.22. The molecule has 1 aromatic rings. The molecule has 5 heteroatoms. The van der Waals surface area contributed by atoms with Gasteiger partial charge in [0.05, 0.1) is 7.11 Å². The largest absolute Gasteiger partial charge is 0.495 e. The van der Waals surface area contributed by atoms with Crippen LogP contribution in [0.1, 0.15) is 30.1 Å². The van der Waals surface area contributed by atoms with Crippen LogP contribution in [0.3, 0.4) is 0 Å². The van der Waals surface area contributed by atoms with E-state index in [1.54, 1.807) is 6.07 Å². The normalized spacial score (nSPS) is 17.9. The third kappa shape index (κ3) is 1.93. The number of benzene rings is 1. The van der Waals surface area contributed by atoms with E-state index < -0.39 is 17.6 Å². The quantitative estimate of drug-likeness (QED) is 0.828. The van der Waals surface area contributed by atoms with Gasteiger partial charge in [0.15, 0.2) is 0 Å². The molecule has 0 bridgehead atoms. The fraction of sp³-hybridized carbons (Fsp3) is 0.462. The second-order valence-corrected chi connectivity index (χ2v) is 4.31. The summed E-state index contributed by atoms with van der Waals surface area (Å²) in [7, 11) is 2.71. The number of ether oxygens (including phenoxy) is 2. The maximum Gasteiger partial charge on any atom is 0.145 e. The minimum Gasteiger partial charge on any atom is -0.495 e. The first-order chi connectivity index (χ1) is 8.57. The lowest BCUT2D eigenvalue weighted by molar-refractivity contribution is 0.0157. The molecule has 1 fully saturated rings. The van der Waals surface area contributed by atoms with E-state index in [9.17, 15) is 8.78 Å². The van der Waals surface area contributed by atoms with Crippen molar-refractivity contribution in [3.63, 3.8) is 0 Å². The number of rotatable bonds is 4. The number of halogens is 2. The molecule has 96 valence electrons. The predicted octanol–water partition coefficient (Wildman–Crippen LogP) is 2.90. The summed E-state index contributed by atoms with van der Waals surface area (Å²) in [5.41, 5.74) is -1.29. The first-order valence-corrected chi connectivity index (χ1v) is 5.55. The van der Waals surface area contributed by atoms with Gasteiger partial charge in [-0.05, 0) is 25.0 Å². The molecule has 0 N–H and O–H groups in total. The fourth-order valence-corrected chi connectivity index (χ4v) is 2.10. The van der Waals surface area contributed by atoms with Crippen molar-refractivity contribution in [2.75, 3.05) is 14.2 Å². The molecule has 0 heterocycles. The Labute approximate surface area is 104 Å². The Morgan fingerprint density at radius 3 is 2.50 bits per heavy atom. The standard InChI is InChI=1S/C13H13F2NO2/c1-17-11-8(3-4-10(14)9(11)7-16)12(18-2)13(15)5-6-13/h3-4,12H,5-6H2,1-2H3. The second kappa shape index (κ2) is 4.54. The van der Waals surface area contributed by atoms with E-state index in [0.29, 0.717) is 18.4 Å². The summed E-state index contributed by atoms with van der Waals surface area (Å²) in [5.74, 6) is -0.634. The van der Waals surface area contributed by atoms with Crippen LogP contribution in [-0.2, 0) is 4.74 Å². The van der Waals surface area contributed by atoms with E-state index in [2.05, 4.69) is 0 Å². The molecule has 0 aliphatic heterocycles. The number of alkyl halides is 1. The Hall–Kier alpha value is -1.67. The van der Waals surface area contributed by atoms with E-state index in [1.165, 1.54) is 20.3 Å². The molecular weight excluding hydrogens is 240 g/mol. The third-order valence-electron chi connectivity index (χ3n) is 3.17. The molecule has 1 unspecified atom stereocenters. The van der Waals surface area contributed by atoms with Crippen molar-refractivity contribution in [1.82, 2.24) is 0 Å². The minimum absolute atomic E-state index is 0.0493. The van der Waals surface area contributed by atoms with Crippen LogP contribution in [0.4, 0.5) is 8.78 Å². The number of nitriles is 1. The Morgan fingerprint density at radius 2 is 2.06 bits per heavy atom. The van der Waals surface area contributed by atoms with E-state index in [4.69, 9.17) is 14.7 Å². The Bertz CT molecular complexity index is 506. The summed E-state index contributed by atoms with van der Waals surface area (Å²) in [6, 6.07) is 4.27. The lowest BCUT2D eigenvalue weighted by atomic mass is 9.99. The molecule has 0 aromatic heterocycles. The first-order valence-electron chi connectivity index (χ1n) is 5.55. The number of hydrogen-bond acceptors (Lipinski definition) is 3. The average Bonchev–Trinajstić information content (AvgIpc) is 3.10. The van der Waals surface area contributed by atoms with Crippen molar-refractivity contribution < 1.29 is 18.3 Å². The van der Waals surface area contributed by atoms with Crippen LogP contribution in [0.15, 0.2) is 12.1 Å². The minimum atomic E-state index is -1.44. The topological polar surface area (TPSA) is 42.2 Å². The Morgan fingerprint density at radius 1 is 1.39 bits per heavy atom. The van der Waals surface area contributed by atoms with Crippen LogP contribution in [0.25, 0.3) is 0 Å². The highest BCUT2D eigenvalue weighted by atomic mass is 19.1. The molecule has 1 aromatic carbocycles. The van der Waals surface area contributed by atoms with Crippen molar-refractivity contribution in [2.24, 2.45) is 0 Å². The summed E-state index contributed by atoms with van der Waals surface area (Å²) in [6.07, 6.45) is -0.0397. The van der Waals surface area contributed by atoms with Crippen molar-refractivity contribution in [3.8, 4) is 11.8 Å². The second-order valence-electron chi connectivity index (χ2n) is 4.31. The highest BCUT2D eigenvalue weighted by Crippen LogP contribution is 2.53. The molecule has 1 aliphatic carbocycles. The van der Waals surface area contributed by atoms with E-state index >= 15 is 0 Å². The van der Waals surface area contributed by atoms with Gasteiger partial charge in [0.1, 0.15) is 35.0 Å². The summed E-state index contributed by atoms with van der Waals surface area (Å²) in [5, 5.41) is 8.92. The average molecular weight is 253 g/mol. The van der Waals surface area contributed by atoms with Gasteiger partial charge in [0.25, 0.3) is 0 Å². The van der Waals surface area contributed by atoms with Gasteiger partial charge in [-0.1, -0.05) is 0 Å². The van der Waals surface area contributed by atoms with Gasteiger partial charge in [-0.2, -0.15) is 5.26 Å². The van der Waals surface area contributed by atoms with Gasteiger partial charge in [-0.3, -0.25) is 0 Å². The van der Waals surface area contributed by atoms with E-state index in [0.717, 1.165) is 6.07 Å². The molecule has 1 aliphatic rings. The van der Waals surface area contributed by atoms with Crippen LogP contribution in [0, 0.1) is 17.1 Å². The molecule has 0 spiro atoms. The van der Waals surface area contributed by atoms with Gasteiger partial charge in [0.2, 0.25) is 0 Å². The molecular formula is C13H13F2NO2. The third-order valence-corrected chi connectivity index (χ3v) is 3.17. The monoisotopic (exact) mass is 253 g/mol. The van der Waals surface area contributed by atoms with Crippen LogP contribution < -0.4 is 4.74 Å². The number of methoxy groups -OCH3 is 2. The SMILES string of the molecule is COc1c(C(OC)C2(F)CC2)ccc(F)c1C#N. The molecule has 2 rings (SSSR count). The zero-order valence-electron chi connectivity index (χ0n) is 10.2.